The van der Waals surface area contributed by atoms with Crippen molar-refractivity contribution in [1.29, 1.82) is 0 Å². The average Bonchev–Trinajstić information content (AvgIpc) is 2.32. The Labute approximate surface area is 121 Å². The quantitative estimate of drug-likeness (QED) is 0.908. The van der Waals surface area contributed by atoms with Crippen LogP contribution in [0.3, 0.4) is 0 Å². The summed E-state index contributed by atoms with van der Waals surface area (Å²) in [5, 5.41) is 3.42. The van der Waals surface area contributed by atoms with E-state index in [9.17, 15) is 8.78 Å². The van der Waals surface area contributed by atoms with Gasteiger partial charge in [0.2, 0.25) is 0 Å². The lowest BCUT2D eigenvalue weighted by Gasteiger charge is -2.40. The van der Waals surface area contributed by atoms with Crippen LogP contribution >= 0.6 is 15.9 Å². The van der Waals surface area contributed by atoms with Gasteiger partial charge in [0.05, 0.1) is 0 Å². The standard InChI is InChI=1S/C14H19BrF2N2/c1-3-4-11-8-19(9(2)7-18-11)14-12(16)5-10(15)6-13(14)17/h5-6,9,11,18H,3-4,7-8H2,1-2H3. The minimum atomic E-state index is -0.504. The molecular formula is C14H19BrF2N2. The molecular weight excluding hydrogens is 314 g/mol. The van der Waals surface area contributed by atoms with Crippen LogP contribution in [-0.4, -0.2) is 25.2 Å². The van der Waals surface area contributed by atoms with Gasteiger partial charge in [0.15, 0.2) is 11.6 Å². The summed E-state index contributed by atoms with van der Waals surface area (Å²) >= 11 is 3.11. The van der Waals surface area contributed by atoms with Crippen LogP contribution in [0.2, 0.25) is 0 Å². The lowest BCUT2D eigenvalue weighted by molar-refractivity contribution is 0.379. The molecule has 1 N–H and O–H groups in total. The third-order valence-electron chi connectivity index (χ3n) is 3.56. The third-order valence-corrected chi connectivity index (χ3v) is 4.01. The highest BCUT2D eigenvalue weighted by Gasteiger charge is 2.28. The van der Waals surface area contributed by atoms with E-state index in [1.165, 1.54) is 12.1 Å². The number of benzene rings is 1. The van der Waals surface area contributed by atoms with Gasteiger partial charge in [-0.15, -0.1) is 0 Å². The predicted octanol–water partition coefficient (Wildman–Crippen LogP) is 3.69. The van der Waals surface area contributed by atoms with E-state index in [-0.39, 0.29) is 11.7 Å². The Morgan fingerprint density at radius 1 is 1.37 bits per heavy atom. The minimum Gasteiger partial charge on any atom is -0.361 e. The zero-order valence-corrected chi connectivity index (χ0v) is 12.8. The summed E-state index contributed by atoms with van der Waals surface area (Å²) in [5.74, 6) is -1.01. The molecule has 2 rings (SSSR count). The molecule has 19 heavy (non-hydrogen) atoms. The molecule has 0 radical (unpaired) electrons. The molecule has 0 aliphatic carbocycles. The van der Waals surface area contributed by atoms with Gasteiger partial charge in [0.25, 0.3) is 0 Å². The average molecular weight is 333 g/mol. The summed E-state index contributed by atoms with van der Waals surface area (Å²) < 4.78 is 28.5. The van der Waals surface area contributed by atoms with Crippen LogP contribution in [0.1, 0.15) is 26.7 Å². The van der Waals surface area contributed by atoms with Gasteiger partial charge in [-0.25, -0.2) is 8.78 Å². The Balaban J connectivity index is 2.28. The van der Waals surface area contributed by atoms with Crippen molar-refractivity contribution in [3.05, 3.63) is 28.2 Å². The SMILES string of the molecule is CCCC1CN(c2c(F)cc(Br)cc2F)C(C)CN1. The third kappa shape index (κ3) is 3.26. The highest BCUT2D eigenvalue weighted by atomic mass is 79.9. The van der Waals surface area contributed by atoms with Crippen molar-refractivity contribution in [2.75, 3.05) is 18.0 Å². The molecule has 1 aromatic rings. The van der Waals surface area contributed by atoms with Crippen LogP contribution in [0, 0.1) is 11.6 Å². The van der Waals surface area contributed by atoms with Crippen molar-refractivity contribution < 1.29 is 8.78 Å². The van der Waals surface area contributed by atoms with E-state index in [1.54, 1.807) is 0 Å². The normalized spacial score (nSPS) is 23.7. The van der Waals surface area contributed by atoms with Crippen LogP contribution in [0.5, 0.6) is 0 Å². The van der Waals surface area contributed by atoms with Crippen molar-refractivity contribution in [2.45, 2.75) is 38.8 Å². The van der Waals surface area contributed by atoms with E-state index in [0.29, 0.717) is 17.1 Å². The Morgan fingerprint density at radius 3 is 2.58 bits per heavy atom. The van der Waals surface area contributed by atoms with Crippen molar-refractivity contribution in [2.24, 2.45) is 0 Å². The number of hydrogen-bond acceptors (Lipinski definition) is 2. The van der Waals surface area contributed by atoms with Gasteiger partial charge >= 0.3 is 0 Å². The second kappa shape index (κ2) is 6.18. The molecule has 2 unspecified atom stereocenters. The van der Waals surface area contributed by atoms with Crippen molar-refractivity contribution in [3.8, 4) is 0 Å². The van der Waals surface area contributed by atoms with E-state index < -0.39 is 11.6 Å². The monoisotopic (exact) mass is 332 g/mol. The smallest absolute Gasteiger partial charge is 0.150 e. The highest BCUT2D eigenvalue weighted by Crippen LogP contribution is 2.30. The van der Waals surface area contributed by atoms with E-state index in [0.717, 1.165) is 19.4 Å². The number of hydrogen-bond donors (Lipinski definition) is 1. The van der Waals surface area contributed by atoms with E-state index >= 15 is 0 Å². The van der Waals surface area contributed by atoms with E-state index in [1.807, 2.05) is 11.8 Å². The number of anilines is 1. The fourth-order valence-corrected chi connectivity index (χ4v) is 2.99. The summed E-state index contributed by atoms with van der Waals surface area (Å²) in [5.41, 5.74) is 0.0957. The van der Waals surface area contributed by atoms with Crippen LogP contribution < -0.4 is 10.2 Å². The Kier molecular flexibility index (Phi) is 4.79. The molecule has 1 aliphatic rings. The summed E-state index contributed by atoms with van der Waals surface area (Å²) in [6.45, 7) is 5.49. The molecule has 1 aromatic carbocycles. The first-order valence-electron chi connectivity index (χ1n) is 6.67. The second-order valence-electron chi connectivity index (χ2n) is 5.11. The van der Waals surface area contributed by atoms with Crippen molar-refractivity contribution in [3.63, 3.8) is 0 Å². The zero-order chi connectivity index (χ0) is 14.0. The molecule has 0 amide bonds. The Morgan fingerprint density at radius 2 is 2.00 bits per heavy atom. The Hall–Kier alpha value is -0.680. The fourth-order valence-electron chi connectivity index (χ4n) is 2.59. The molecule has 1 aliphatic heterocycles. The van der Waals surface area contributed by atoms with Gasteiger partial charge in [0.1, 0.15) is 5.69 Å². The number of piperazine rings is 1. The van der Waals surface area contributed by atoms with Gasteiger partial charge in [-0.2, -0.15) is 0 Å². The first-order valence-corrected chi connectivity index (χ1v) is 7.46. The second-order valence-corrected chi connectivity index (χ2v) is 6.03. The molecule has 0 bridgehead atoms. The molecule has 5 heteroatoms. The summed E-state index contributed by atoms with van der Waals surface area (Å²) in [6.07, 6.45) is 2.08. The fraction of sp³-hybridized carbons (Fsp3) is 0.571. The number of halogens is 3. The van der Waals surface area contributed by atoms with Crippen molar-refractivity contribution in [1.82, 2.24) is 5.32 Å². The van der Waals surface area contributed by atoms with Gasteiger partial charge in [-0.05, 0) is 25.5 Å². The lowest BCUT2D eigenvalue weighted by Crippen LogP contribution is -2.56. The number of rotatable bonds is 3. The van der Waals surface area contributed by atoms with E-state index in [4.69, 9.17) is 0 Å². The van der Waals surface area contributed by atoms with Gasteiger partial charge in [0, 0.05) is 29.6 Å². The molecule has 106 valence electrons. The Bertz CT molecular complexity index is 430. The minimum absolute atomic E-state index is 0.0817. The first-order chi connectivity index (χ1) is 9.02. The number of nitrogens with one attached hydrogen (secondary N) is 1. The maximum atomic E-state index is 14.0. The molecule has 1 heterocycles. The van der Waals surface area contributed by atoms with Gasteiger partial charge < -0.3 is 10.2 Å². The molecule has 1 saturated heterocycles. The zero-order valence-electron chi connectivity index (χ0n) is 11.2. The molecule has 1 fully saturated rings. The van der Waals surface area contributed by atoms with Gasteiger partial charge in [-0.1, -0.05) is 29.3 Å². The lowest BCUT2D eigenvalue weighted by atomic mass is 10.0. The summed E-state index contributed by atoms with van der Waals surface area (Å²) in [6, 6.07) is 3.02. The maximum absolute atomic E-state index is 14.0. The highest BCUT2D eigenvalue weighted by molar-refractivity contribution is 9.10. The first kappa shape index (κ1) is 14.7. The molecule has 2 nitrogen and oxygen atoms in total. The van der Waals surface area contributed by atoms with E-state index in [2.05, 4.69) is 28.2 Å². The van der Waals surface area contributed by atoms with Crippen LogP contribution in [0.4, 0.5) is 14.5 Å². The predicted molar refractivity (Wildman–Crippen MR) is 77.6 cm³/mol. The molecule has 2 atom stereocenters. The van der Waals surface area contributed by atoms with Crippen LogP contribution in [0.15, 0.2) is 16.6 Å². The maximum Gasteiger partial charge on any atom is 0.150 e. The number of nitrogens with zero attached hydrogens (tertiary/aromatic N) is 1. The topological polar surface area (TPSA) is 15.3 Å². The summed E-state index contributed by atoms with van der Waals surface area (Å²) in [4.78, 5) is 1.84. The largest absolute Gasteiger partial charge is 0.361 e. The van der Waals surface area contributed by atoms with Crippen molar-refractivity contribution >= 4 is 21.6 Å². The van der Waals surface area contributed by atoms with Crippen LogP contribution in [-0.2, 0) is 0 Å². The van der Waals surface area contributed by atoms with Crippen LogP contribution in [0.25, 0.3) is 0 Å². The summed E-state index contributed by atoms with van der Waals surface area (Å²) in [7, 11) is 0. The van der Waals surface area contributed by atoms with Gasteiger partial charge in [-0.3, -0.25) is 0 Å². The molecule has 0 spiro atoms. The molecule has 0 aromatic heterocycles. The molecule has 0 saturated carbocycles.